The third-order valence-electron chi connectivity index (χ3n) is 3.41. The highest BCUT2D eigenvalue weighted by atomic mass is 16.3. The van der Waals surface area contributed by atoms with Crippen molar-refractivity contribution in [3.63, 3.8) is 0 Å². The number of aromatic hydroxyl groups is 1. The number of nitrogens with zero attached hydrogens (tertiary/aromatic N) is 1. The molecule has 2 heteroatoms. The zero-order chi connectivity index (χ0) is 14.5. The third-order valence-corrected chi connectivity index (χ3v) is 3.41. The highest BCUT2D eigenvalue weighted by Crippen LogP contribution is 2.28. The van der Waals surface area contributed by atoms with E-state index in [1.165, 1.54) is 11.3 Å². The van der Waals surface area contributed by atoms with Crippen LogP contribution in [0.3, 0.4) is 0 Å². The highest BCUT2D eigenvalue weighted by molar-refractivity contribution is 5.87. The predicted molar refractivity (Wildman–Crippen MR) is 86.1 cm³/mol. The molecule has 1 aromatic heterocycles. The van der Waals surface area contributed by atoms with E-state index in [-0.39, 0.29) is 0 Å². The Morgan fingerprint density at radius 1 is 1.35 bits per heavy atom. The average Bonchev–Trinajstić information content (AvgIpc) is 2.79. The molecule has 0 saturated heterocycles. The van der Waals surface area contributed by atoms with Crippen LogP contribution < -0.4 is 0 Å². The lowest BCUT2D eigenvalue weighted by atomic mass is 10.2. The minimum absolute atomic E-state index is 0.351. The molecule has 0 aliphatic rings. The van der Waals surface area contributed by atoms with Gasteiger partial charge in [0, 0.05) is 17.6 Å². The van der Waals surface area contributed by atoms with E-state index >= 15 is 0 Å². The van der Waals surface area contributed by atoms with Crippen molar-refractivity contribution < 1.29 is 5.11 Å². The molecular formula is C18H21NO. The molecule has 104 valence electrons. The maximum atomic E-state index is 9.96. The molecule has 2 rings (SSSR count). The first-order chi connectivity index (χ1) is 9.67. The molecule has 1 N–H and O–H groups in total. The summed E-state index contributed by atoms with van der Waals surface area (Å²) in [6.45, 7) is 8.74. The molecule has 0 saturated carbocycles. The van der Waals surface area contributed by atoms with Gasteiger partial charge in [0.1, 0.15) is 5.75 Å². The second-order valence-corrected chi connectivity index (χ2v) is 4.92. The summed E-state index contributed by atoms with van der Waals surface area (Å²) in [5.41, 5.74) is 3.59. The van der Waals surface area contributed by atoms with Gasteiger partial charge in [0.2, 0.25) is 0 Å². The molecule has 20 heavy (non-hydrogen) atoms. The lowest BCUT2D eigenvalue weighted by Crippen LogP contribution is -2.03. The smallest absolute Gasteiger partial charge is 0.124 e. The summed E-state index contributed by atoms with van der Waals surface area (Å²) in [5, 5.41) is 10.9. The number of benzene rings is 1. The summed E-state index contributed by atoms with van der Waals surface area (Å²) in [7, 11) is 0. The van der Waals surface area contributed by atoms with Crippen LogP contribution in [-0.4, -0.2) is 9.67 Å². The average molecular weight is 267 g/mol. The summed E-state index contributed by atoms with van der Waals surface area (Å²) in [6.07, 6.45) is 8.73. The standard InChI is InChI=1S/C18H21NO/c1-4-6-7-9-14(3)13-19-15(5-2)12-16-17(19)10-8-11-18(16)20/h4,6-12,20H,1,5,13H2,2-3H3/b7-6-,14-9+. The largest absolute Gasteiger partial charge is 0.507 e. The van der Waals surface area contributed by atoms with Crippen molar-refractivity contribution in [2.24, 2.45) is 0 Å². The normalized spacial score (nSPS) is 12.4. The fraction of sp³-hybridized carbons (Fsp3) is 0.222. The van der Waals surface area contributed by atoms with Gasteiger partial charge in [-0.25, -0.2) is 0 Å². The first-order valence-electron chi connectivity index (χ1n) is 6.92. The Kier molecular flexibility index (Phi) is 4.46. The van der Waals surface area contributed by atoms with E-state index in [0.29, 0.717) is 5.75 Å². The van der Waals surface area contributed by atoms with Gasteiger partial charge in [-0.15, -0.1) is 0 Å². The number of hydrogen-bond acceptors (Lipinski definition) is 1. The number of phenolic OH excluding ortho intramolecular Hbond substituents is 1. The number of aryl methyl sites for hydroxylation is 1. The fourth-order valence-electron chi connectivity index (χ4n) is 2.40. The van der Waals surface area contributed by atoms with Gasteiger partial charge in [0.25, 0.3) is 0 Å². The molecule has 0 unspecified atom stereocenters. The van der Waals surface area contributed by atoms with Crippen LogP contribution in [0.15, 0.2) is 60.7 Å². The van der Waals surface area contributed by atoms with Crippen LogP contribution in [0.5, 0.6) is 5.75 Å². The van der Waals surface area contributed by atoms with Gasteiger partial charge in [-0.2, -0.15) is 0 Å². The molecule has 0 fully saturated rings. The molecule has 0 atom stereocenters. The van der Waals surface area contributed by atoms with Crippen LogP contribution in [0.25, 0.3) is 10.9 Å². The van der Waals surface area contributed by atoms with Gasteiger partial charge in [-0.05, 0) is 31.5 Å². The molecule has 0 bridgehead atoms. The van der Waals surface area contributed by atoms with Gasteiger partial charge >= 0.3 is 0 Å². The van der Waals surface area contributed by atoms with Crippen LogP contribution in [-0.2, 0) is 13.0 Å². The van der Waals surface area contributed by atoms with Crippen molar-refractivity contribution in [2.75, 3.05) is 0 Å². The predicted octanol–water partition coefficient (Wildman–Crippen LogP) is 4.60. The van der Waals surface area contributed by atoms with E-state index in [1.807, 2.05) is 18.2 Å². The minimum Gasteiger partial charge on any atom is -0.507 e. The Morgan fingerprint density at radius 2 is 2.15 bits per heavy atom. The Labute approximate surface area is 120 Å². The maximum absolute atomic E-state index is 9.96. The number of aromatic nitrogens is 1. The monoisotopic (exact) mass is 267 g/mol. The van der Waals surface area contributed by atoms with Crippen molar-refractivity contribution in [2.45, 2.75) is 26.8 Å². The Balaban J connectivity index is 2.42. The van der Waals surface area contributed by atoms with Crippen molar-refractivity contribution in [3.8, 4) is 5.75 Å². The Bertz CT molecular complexity index is 674. The van der Waals surface area contributed by atoms with E-state index in [2.05, 4.69) is 43.2 Å². The van der Waals surface area contributed by atoms with E-state index in [0.717, 1.165) is 23.9 Å². The van der Waals surface area contributed by atoms with Crippen LogP contribution in [0.4, 0.5) is 0 Å². The lowest BCUT2D eigenvalue weighted by Gasteiger charge is -2.10. The number of fused-ring (bicyclic) bond motifs is 1. The summed E-state index contributed by atoms with van der Waals surface area (Å²) >= 11 is 0. The topological polar surface area (TPSA) is 25.2 Å². The van der Waals surface area contributed by atoms with Gasteiger partial charge in [-0.3, -0.25) is 0 Å². The number of rotatable bonds is 5. The van der Waals surface area contributed by atoms with Crippen LogP contribution in [0.2, 0.25) is 0 Å². The fourth-order valence-corrected chi connectivity index (χ4v) is 2.40. The maximum Gasteiger partial charge on any atom is 0.124 e. The van der Waals surface area contributed by atoms with Crippen LogP contribution >= 0.6 is 0 Å². The molecule has 1 aromatic carbocycles. The zero-order valence-corrected chi connectivity index (χ0v) is 12.1. The van der Waals surface area contributed by atoms with E-state index in [9.17, 15) is 5.11 Å². The third kappa shape index (κ3) is 2.85. The first kappa shape index (κ1) is 14.2. The zero-order valence-electron chi connectivity index (χ0n) is 12.1. The summed E-state index contributed by atoms with van der Waals surface area (Å²) in [4.78, 5) is 0. The molecule has 0 aliphatic heterocycles. The second kappa shape index (κ2) is 6.29. The summed E-state index contributed by atoms with van der Waals surface area (Å²) in [5.74, 6) is 0.351. The van der Waals surface area contributed by atoms with E-state index in [1.54, 1.807) is 12.1 Å². The van der Waals surface area contributed by atoms with Crippen molar-refractivity contribution >= 4 is 10.9 Å². The number of phenols is 1. The number of allylic oxidation sites excluding steroid dienone is 5. The quantitative estimate of drug-likeness (QED) is 0.787. The van der Waals surface area contributed by atoms with E-state index < -0.39 is 0 Å². The molecule has 0 radical (unpaired) electrons. The SMILES string of the molecule is C=C/C=C\C=C(/C)Cn1c(CC)cc2c(O)cccc21. The molecule has 0 spiro atoms. The Hall–Kier alpha value is -2.22. The van der Waals surface area contributed by atoms with Crippen LogP contribution in [0.1, 0.15) is 19.5 Å². The van der Waals surface area contributed by atoms with Crippen molar-refractivity contribution in [1.29, 1.82) is 0 Å². The molecule has 1 heterocycles. The summed E-state index contributed by atoms with van der Waals surface area (Å²) in [6, 6.07) is 7.77. The molecule has 0 aliphatic carbocycles. The van der Waals surface area contributed by atoms with Crippen molar-refractivity contribution in [3.05, 3.63) is 66.4 Å². The molecule has 0 amide bonds. The van der Waals surface area contributed by atoms with Gasteiger partial charge in [0.15, 0.2) is 0 Å². The molecular weight excluding hydrogens is 246 g/mol. The van der Waals surface area contributed by atoms with Gasteiger partial charge < -0.3 is 9.67 Å². The number of hydrogen-bond donors (Lipinski definition) is 1. The van der Waals surface area contributed by atoms with Gasteiger partial charge in [-0.1, -0.05) is 49.4 Å². The molecule has 2 nitrogen and oxygen atoms in total. The van der Waals surface area contributed by atoms with Gasteiger partial charge in [0.05, 0.1) is 5.52 Å². The minimum atomic E-state index is 0.351. The summed E-state index contributed by atoms with van der Waals surface area (Å²) < 4.78 is 2.27. The first-order valence-corrected chi connectivity index (χ1v) is 6.92. The van der Waals surface area contributed by atoms with E-state index in [4.69, 9.17) is 0 Å². The highest BCUT2D eigenvalue weighted by Gasteiger charge is 2.10. The van der Waals surface area contributed by atoms with Crippen LogP contribution in [0, 0.1) is 0 Å². The second-order valence-electron chi connectivity index (χ2n) is 4.92. The van der Waals surface area contributed by atoms with Crippen molar-refractivity contribution in [1.82, 2.24) is 4.57 Å². The Morgan fingerprint density at radius 3 is 2.85 bits per heavy atom. The lowest BCUT2D eigenvalue weighted by molar-refractivity contribution is 0.481. The molecule has 2 aromatic rings.